The Morgan fingerprint density at radius 2 is 1.75 bits per heavy atom. The molecule has 4 aromatic rings. The summed E-state index contributed by atoms with van der Waals surface area (Å²) in [5.74, 6) is -0.719. The molecule has 180 valence electrons. The molecule has 0 fully saturated rings. The molecule has 0 saturated heterocycles. The molecule has 2 aromatic heterocycles. The van der Waals surface area contributed by atoms with Crippen LogP contribution in [-0.4, -0.2) is 22.3 Å². The highest BCUT2D eigenvalue weighted by molar-refractivity contribution is 6.08. The van der Waals surface area contributed by atoms with Gasteiger partial charge in [0.1, 0.15) is 6.04 Å². The summed E-state index contributed by atoms with van der Waals surface area (Å²) >= 11 is 0. The molecular formula is C29H26N4O3. The van der Waals surface area contributed by atoms with Crippen molar-refractivity contribution in [2.24, 2.45) is 0 Å². The zero-order valence-electron chi connectivity index (χ0n) is 20.3. The Hall–Kier alpha value is -4.70. The molecule has 7 nitrogen and oxygen atoms in total. The zero-order chi connectivity index (χ0) is 25.7. The highest BCUT2D eigenvalue weighted by atomic mass is 16.3. The number of pyridine rings is 1. The Balaban J connectivity index is 1.84. The van der Waals surface area contributed by atoms with Crippen LogP contribution in [0.2, 0.25) is 0 Å². The molecule has 36 heavy (non-hydrogen) atoms. The van der Waals surface area contributed by atoms with Gasteiger partial charge in [0.25, 0.3) is 5.91 Å². The molecule has 0 saturated carbocycles. The van der Waals surface area contributed by atoms with Gasteiger partial charge >= 0.3 is 0 Å². The largest absolute Gasteiger partial charge is 0.459 e. The van der Waals surface area contributed by atoms with Crippen molar-refractivity contribution in [2.45, 2.75) is 32.4 Å². The fraction of sp³-hybridized carbons (Fsp3) is 0.172. The second kappa shape index (κ2) is 10.3. The monoisotopic (exact) mass is 478 g/mol. The maximum atomic E-state index is 13.7. The van der Waals surface area contributed by atoms with Crippen LogP contribution in [0.25, 0.3) is 11.1 Å². The fourth-order valence-electron chi connectivity index (χ4n) is 3.93. The number of nitrogens with one attached hydrogen (secondary N) is 1. The summed E-state index contributed by atoms with van der Waals surface area (Å²) in [5, 5.41) is 12.5. The molecule has 0 aliphatic heterocycles. The van der Waals surface area contributed by atoms with Gasteiger partial charge in [-0.15, -0.1) is 0 Å². The molecule has 1 atom stereocenters. The van der Waals surface area contributed by atoms with Crippen molar-refractivity contribution in [1.82, 2.24) is 10.3 Å². The van der Waals surface area contributed by atoms with Crippen LogP contribution in [0.15, 0.2) is 95.9 Å². The van der Waals surface area contributed by atoms with Crippen LogP contribution in [0.3, 0.4) is 0 Å². The summed E-state index contributed by atoms with van der Waals surface area (Å²) in [7, 11) is 0. The number of carbonyl (C=O) groups excluding carboxylic acids is 2. The quantitative estimate of drug-likeness (QED) is 0.394. The Kier molecular flexibility index (Phi) is 6.98. The minimum Gasteiger partial charge on any atom is -0.459 e. The van der Waals surface area contributed by atoms with Gasteiger partial charge in [-0.05, 0) is 68.3 Å². The Morgan fingerprint density at radius 1 is 1.00 bits per heavy atom. The molecule has 2 amide bonds. The standard InChI is InChI=1S/C29H26N4O3/c1-29(2,3)32-27(34)26(22-9-6-16-31-19-22)33(28(35)25-11-7-17-36-25)23-14-12-20(13-15-23)24-10-5-4-8-21(24)18-30/h4-17,19,26H,1-3H3,(H,32,34). The Bertz CT molecular complexity index is 1380. The highest BCUT2D eigenvalue weighted by Crippen LogP contribution is 2.32. The molecule has 0 spiro atoms. The lowest BCUT2D eigenvalue weighted by Crippen LogP contribution is -2.49. The van der Waals surface area contributed by atoms with E-state index in [1.165, 1.54) is 11.2 Å². The number of amides is 2. The Labute approximate surface area is 210 Å². The first kappa shape index (κ1) is 24.4. The number of anilines is 1. The molecular weight excluding hydrogens is 452 g/mol. The topological polar surface area (TPSA) is 99.2 Å². The smallest absolute Gasteiger partial charge is 0.294 e. The normalized spacial score (nSPS) is 11.8. The predicted molar refractivity (Wildman–Crippen MR) is 137 cm³/mol. The molecule has 2 heterocycles. The third kappa shape index (κ3) is 5.34. The summed E-state index contributed by atoms with van der Waals surface area (Å²) in [4.78, 5) is 33.0. The van der Waals surface area contributed by atoms with Crippen LogP contribution in [0.4, 0.5) is 5.69 Å². The van der Waals surface area contributed by atoms with Crippen molar-refractivity contribution < 1.29 is 14.0 Å². The number of furan rings is 1. The van der Waals surface area contributed by atoms with E-state index in [2.05, 4.69) is 16.4 Å². The number of benzene rings is 2. The fourth-order valence-corrected chi connectivity index (χ4v) is 3.93. The molecule has 7 heteroatoms. The van der Waals surface area contributed by atoms with Crippen LogP contribution in [0, 0.1) is 11.3 Å². The Morgan fingerprint density at radius 3 is 2.36 bits per heavy atom. The van der Waals surface area contributed by atoms with E-state index in [0.29, 0.717) is 16.8 Å². The lowest BCUT2D eigenvalue weighted by Gasteiger charge is -2.33. The van der Waals surface area contributed by atoms with Gasteiger partial charge in [0.2, 0.25) is 5.91 Å². The average molecular weight is 479 g/mol. The number of hydrogen-bond donors (Lipinski definition) is 1. The average Bonchev–Trinajstić information content (AvgIpc) is 3.41. The lowest BCUT2D eigenvalue weighted by atomic mass is 9.99. The number of nitrogens with zero attached hydrogens (tertiary/aromatic N) is 3. The molecule has 1 N–H and O–H groups in total. The molecule has 0 aliphatic carbocycles. The molecule has 4 rings (SSSR count). The van der Waals surface area contributed by atoms with E-state index in [9.17, 15) is 14.9 Å². The third-order valence-electron chi connectivity index (χ3n) is 5.46. The van der Waals surface area contributed by atoms with Crippen LogP contribution in [0.5, 0.6) is 0 Å². The van der Waals surface area contributed by atoms with Crippen molar-refractivity contribution in [3.8, 4) is 17.2 Å². The van der Waals surface area contributed by atoms with Crippen LogP contribution in [-0.2, 0) is 4.79 Å². The first-order valence-corrected chi connectivity index (χ1v) is 11.5. The summed E-state index contributed by atoms with van der Waals surface area (Å²) in [6.07, 6.45) is 4.61. The van der Waals surface area contributed by atoms with Gasteiger partial charge in [-0.25, -0.2) is 0 Å². The van der Waals surface area contributed by atoms with E-state index in [1.807, 2.05) is 51.1 Å². The van der Waals surface area contributed by atoms with Gasteiger partial charge in [-0.2, -0.15) is 5.26 Å². The number of rotatable bonds is 6. The maximum Gasteiger partial charge on any atom is 0.294 e. The van der Waals surface area contributed by atoms with Gasteiger partial charge in [0.15, 0.2) is 5.76 Å². The second-order valence-corrected chi connectivity index (χ2v) is 9.28. The number of aromatic nitrogens is 1. The number of hydrogen-bond acceptors (Lipinski definition) is 5. The highest BCUT2D eigenvalue weighted by Gasteiger charge is 2.36. The zero-order valence-corrected chi connectivity index (χ0v) is 20.3. The number of nitriles is 1. The van der Waals surface area contributed by atoms with Crippen LogP contribution >= 0.6 is 0 Å². The van der Waals surface area contributed by atoms with Gasteiger partial charge in [0, 0.05) is 29.2 Å². The molecule has 0 radical (unpaired) electrons. The van der Waals surface area contributed by atoms with Gasteiger partial charge < -0.3 is 9.73 Å². The SMILES string of the molecule is CC(C)(C)NC(=O)C(c1cccnc1)N(C(=O)c1ccco1)c1ccc(-c2ccccc2C#N)cc1. The van der Waals surface area contributed by atoms with E-state index in [-0.39, 0.29) is 11.7 Å². The van der Waals surface area contributed by atoms with E-state index in [1.54, 1.807) is 54.9 Å². The van der Waals surface area contributed by atoms with Crippen molar-refractivity contribution >= 4 is 17.5 Å². The second-order valence-electron chi connectivity index (χ2n) is 9.28. The van der Waals surface area contributed by atoms with E-state index in [4.69, 9.17) is 4.42 Å². The molecule has 2 aromatic carbocycles. The van der Waals surface area contributed by atoms with Gasteiger partial charge in [-0.3, -0.25) is 19.5 Å². The van der Waals surface area contributed by atoms with Gasteiger partial charge in [-0.1, -0.05) is 36.4 Å². The molecule has 0 aliphatic rings. The number of carbonyl (C=O) groups is 2. The lowest BCUT2D eigenvalue weighted by molar-refractivity contribution is -0.123. The molecule has 0 bridgehead atoms. The summed E-state index contributed by atoms with van der Waals surface area (Å²) in [6, 6.07) is 22.4. The third-order valence-corrected chi connectivity index (χ3v) is 5.46. The van der Waals surface area contributed by atoms with Crippen molar-refractivity contribution in [2.75, 3.05) is 4.90 Å². The summed E-state index contributed by atoms with van der Waals surface area (Å²) < 4.78 is 5.41. The van der Waals surface area contributed by atoms with Gasteiger partial charge in [0.05, 0.1) is 17.9 Å². The van der Waals surface area contributed by atoms with Crippen LogP contribution < -0.4 is 10.2 Å². The minimum absolute atomic E-state index is 0.103. The summed E-state index contributed by atoms with van der Waals surface area (Å²) in [6.45, 7) is 5.64. The first-order valence-electron chi connectivity index (χ1n) is 11.5. The first-order chi connectivity index (χ1) is 17.3. The van der Waals surface area contributed by atoms with Crippen molar-refractivity contribution in [1.29, 1.82) is 5.26 Å². The summed E-state index contributed by atoms with van der Waals surface area (Å²) in [5.41, 5.74) is 2.67. The van der Waals surface area contributed by atoms with E-state index in [0.717, 1.165) is 11.1 Å². The predicted octanol–water partition coefficient (Wildman–Crippen LogP) is 5.52. The van der Waals surface area contributed by atoms with E-state index < -0.39 is 17.5 Å². The minimum atomic E-state index is -1.01. The van der Waals surface area contributed by atoms with Crippen molar-refractivity contribution in [3.05, 3.63) is 108 Å². The van der Waals surface area contributed by atoms with Crippen molar-refractivity contribution in [3.63, 3.8) is 0 Å². The van der Waals surface area contributed by atoms with E-state index >= 15 is 0 Å². The molecule has 1 unspecified atom stereocenters. The maximum absolute atomic E-state index is 13.7. The van der Waals surface area contributed by atoms with Crippen LogP contribution in [0.1, 0.15) is 48.5 Å².